The molecule has 3 aromatic rings. The van der Waals surface area contributed by atoms with Crippen LogP contribution in [0.4, 0.5) is 10.5 Å². The highest BCUT2D eigenvalue weighted by Gasteiger charge is 2.35. The van der Waals surface area contributed by atoms with Gasteiger partial charge in [0.1, 0.15) is 18.0 Å². The fourth-order valence-corrected chi connectivity index (χ4v) is 4.07. The second-order valence-corrected chi connectivity index (χ2v) is 8.28. The van der Waals surface area contributed by atoms with Crippen molar-refractivity contribution in [1.29, 1.82) is 0 Å². The van der Waals surface area contributed by atoms with Gasteiger partial charge in [-0.1, -0.05) is 23.7 Å². The third-order valence-corrected chi connectivity index (χ3v) is 5.85. The lowest BCUT2D eigenvalue weighted by atomic mass is 10.1. The van der Waals surface area contributed by atoms with Gasteiger partial charge in [-0.2, -0.15) is 0 Å². The molecule has 0 radical (unpaired) electrons. The van der Waals surface area contributed by atoms with Gasteiger partial charge in [-0.05, 0) is 65.0 Å². The topological polar surface area (TPSA) is 87.7 Å². The first-order valence-electron chi connectivity index (χ1n) is 9.56. The minimum absolute atomic E-state index is 0.123. The second-order valence-electron chi connectivity index (χ2n) is 6.90. The molecule has 1 aliphatic rings. The maximum Gasteiger partial charge on any atom is 0.329 e. The average molecular weight is 468 g/mol. The zero-order chi connectivity index (χ0) is 22.7. The smallest absolute Gasteiger partial charge is 0.329 e. The largest absolute Gasteiger partial charge is 0.497 e. The molecule has 9 heteroatoms. The number of amides is 4. The summed E-state index contributed by atoms with van der Waals surface area (Å²) in [5.41, 5.74) is 2.64. The van der Waals surface area contributed by atoms with E-state index in [-0.39, 0.29) is 5.70 Å². The third-order valence-electron chi connectivity index (χ3n) is 4.72. The Labute approximate surface area is 193 Å². The van der Waals surface area contributed by atoms with Crippen LogP contribution < -0.4 is 15.4 Å². The lowest BCUT2D eigenvalue weighted by molar-refractivity contribution is -0.127. The maximum absolute atomic E-state index is 12.7. The van der Waals surface area contributed by atoms with Crippen molar-refractivity contribution in [1.82, 2.24) is 10.2 Å². The van der Waals surface area contributed by atoms with Crippen molar-refractivity contribution in [3.8, 4) is 16.9 Å². The van der Waals surface area contributed by atoms with Crippen LogP contribution in [-0.2, 0) is 9.59 Å². The van der Waals surface area contributed by atoms with Crippen LogP contribution >= 0.6 is 22.9 Å². The van der Waals surface area contributed by atoms with Crippen molar-refractivity contribution in [2.24, 2.45) is 0 Å². The number of imide groups is 1. The van der Waals surface area contributed by atoms with E-state index in [0.717, 1.165) is 26.7 Å². The quantitative estimate of drug-likeness (QED) is 0.409. The fraction of sp³-hybridized carbons (Fsp3) is 0.0870. The molecule has 1 aliphatic heterocycles. The number of hydrogen-bond acceptors (Lipinski definition) is 5. The highest BCUT2D eigenvalue weighted by molar-refractivity contribution is 7.11. The molecule has 1 saturated heterocycles. The lowest BCUT2D eigenvalue weighted by Crippen LogP contribution is -2.38. The first-order valence-corrected chi connectivity index (χ1v) is 10.8. The summed E-state index contributed by atoms with van der Waals surface area (Å²) in [6.45, 7) is -0.397. The first-order chi connectivity index (χ1) is 15.4. The Morgan fingerprint density at radius 3 is 2.53 bits per heavy atom. The van der Waals surface area contributed by atoms with Gasteiger partial charge in [0.15, 0.2) is 0 Å². The normalized spacial score (nSPS) is 14.6. The monoisotopic (exact) mass is 467 g/mol. The van der Waals surface area contributed by atoms with Gasteiger partial charge in [-0.15, -0.1) is 11.3 Å². The molecule has 32 heavy (non-hydrogen) atoms. The molecule has 2 N–H and O–H groups in total. The molecule has 0 spiro atoms. The van der Waals surface area contributed by atoms with Crippen LogP contribution in [-0.4, -0.2) is 36.4 Å². The molecular formula is C23H18ClN3O4S. The van der Waals surface area contributed by atoms with Gasteiger partial charge in [-0.25, -0.2) is 9.69 Å². The van der Waals surface area contributed by atoms with Crippen LogP contribution in [0.5, 0.6) is 5.75 Å². The average Bonchev–Trinajstić information content (AvgIpc) is 3.36. The molecule has 2 aromatic carbocycles. The van der Waals surface area contributed by atoms with Crippen molar-refractivity contribution >= 4 is 52.5 Å². The van der Waals surface area contributed by atoms with E-state index in [9.17, 15) is 14.4 Å². The number of hydrogen-bond donors (Lipinski definition) is 2. The fourth-order valence-electron chi connectivity index (χ4n) is 3.10. The van der Waals surface area contributed by atoms with E-state index in [1.165, 1.54) is 11.3 Å². The number of urea groups is 1. The predicted molar refractivity (Wildman–Crippen MR) is 125 cm³/mol. The Bertz CT molecular complexity index is 1200. The van der Waals surface area contributed by atoms with Gasteiger partial charge in [0.2, 0.25) is 5.91 Å². The third kappa shape index (κ3) is 4.82. The van der Waals surface area contributed by atoms with E-state index in [1.54, 1.807) is 37.5 Å². The summed E-state index contributed by atoms with van der Waals surface area (Å²) in [7, 11) is 1.61. The molecule has 0 unspecified atom stereocenters. The number of rotatable bonds is 6. The SMILES string of the molecule is COc1ccc(-c2csc(C=C3NC(=O)N(CC(=O)Nc4ccc(Cl)cc4)C3=O)c2)cc1. The Morgan fingerprint density at radius 1 is 1.12 bits per heavy atom. The van der Waals surface area contributed by atoms with Gasteiger partial charge < -0.3 is 15.4 Å². The summed E-state index contributed by atoms with van der Waals surface area (Å²) in [5, 5.41) is 7.67. The maximum atomic E-state index is 12.7. The van der Waals surface area contributed by atoms with Crippen LogP contribution in [0.1, 0.15) is 4.88 Å². The molecule has 1 aromatic heterocycles. The Kier molecular flexibility index (Phi) is 6.25. The van der Waals surface area contributed by atoms with Crippen molar-refractivity contribution in [2.75, 3.05) is 19.0 Å². The summed E-state index contributed by atoms with van der Waals surface area (Å²) >= 11 is 7.27. The number of methoxy groups -OCH3 is 1. The Balaban J connectivity index is 1.43. The van der Waals surface area contributed by atoms with E-state index < -0.39 is 24.4 Å². The summed E-state index contributed by atoms with van der Waals surface area (Å²) in [5.74, 6) is -0.276. The van der Waals surface area contributed by atoms with Gasteiger partial charge in [0.05, 0.1) is 7.11 Å². The Morgan fingerprint density at radius 2 is 1.84 bits per heavy atom. The van der Waals surface area contributed by atoms with Gasteiger partial charge >= 0.3 is 6.03 Å². The van der Waals surface area contributed by atoms with E-state index in [2.05, 4.69) is 10.6 Å². The summed E-state index contributed by atoms with van der Waals surface area (Å²) in [6, 6.07) is 15.5. The van der Waals surface area contributed by atoms with E-state index in [1.807, 2.05) is 35.7 Å². The standard InChI is InChI=1S/C23H18ClN3O4S/c1-31-18-8-2-14(3-9-18)15-10-19(32-13-15)11-20-22(29)27(23(30)26-20)12-21(28)25-17-6-4-16(24)5-7-17/h2-11,13H,12H2,1H3,(H,25,28)(H,26,30). The number of thiophene rings is 1. The number of ether oxygens (including phenoxy) is 1. The first kappa shape index (κ1) is 21.6. The number of nitrogens with one attached hydrogen (secondary N) is 2. The van der Waals surface area contributed by atoms with Crippen LogP contribution in [0.3, 0.4) is 0 Å². The number of anilines is 1. The van der Waals surface area contributed by atoms with Gasteiger partial charge in [-0.3, -0.25) is 9.59 Å². The van der Waals surface area contributed by atoms with Crippen LogP contribution in [0.2, 0.25) is 5.02 Å². The summed E-state index contributed by atoms with van der Waals surface area (Å²) in [4.78, 5) is 38.9. The van der Waals surface area contributed by atoms with Crippen molar-refractivity contribution in [2.45, 2.75) is 0 Å². The predicted octanol–water partition coefficient (Wildman–Crippen LogP) is 4.61. The molecule has 162 valence electrons. The molecular weight excluding hydrogens is 450 g/mol. The van der Waals surface area contributed by atoms with Gasteiger partial charge in [0.25, 0.3) is 5.91 Å². The number of nitrogens with zero attached hydrogens (tertiary/aromatic N) is 1. The minimum atomic E-state index is -0.639. The second kappa shape index (κ2) is 9.25. The molecule has 4 rings (SSSR count). The van der Waals surface area contributed by atoms with Crippen LogP contribution in [0.25, 0.3) is 17.2 Å². The van der Waals surface area contributed by atoms with E-state index >= 15 is 0 Å². The molecule has 0 saturated carbocycles. The van der Waals surface area contributed by atoms with Crippen molar-refractivity contribution in [3.63, 3.8) is 0 Å². The minimum Gasteiger partial charge on any atom is -0.497 e. The zero-order valence-corrected chi connectivity index (χ0v) is 18.5. The van der Waals surface area contributed by atoms with Crippen molar-refractivity contribution < 1.29 is 19.1 Å². The molecule has 0 atom stereocenters. The lowest BCUT2D eigenvalue weighted by Gasteiger charge is -2.11. The van der Waals surface area contributed by atoms with Crippen LogP contribution in [0, 0.1) is 0 Å². The molecule has 0 aliphatic carbocycles. The highest BCUT2D eigenvalue weighted by atomic mass is 35.5. The van der Waals surface area contributed by atoms with Crippen molar-refractivity contribution in [3.05, 3.63) is 75.6 Å². The van der Waals surface area contributed by atoms with E-state index in [0.29, 0.717) is 10.7 Å². The number of carbonyl (C=O) groups excluding carboxylic acids is 3. The molecule has 0 bridgehead atoms. The Hall–Kier alpha value is -3.62. The number of carbonyl (C=O) groups is 3. The number of benzene rings is 2. The van der Waals surface area contributed by atoms with E-state index in [4.69, 9.17) is 16.3 Å². The van der Waals surface area contributed by atoms with Gasteiger partial charge in [0, 0.05) is 15.6 Å². The number of halogens is 1. The summed E-state index contributed by atoms with van der Waals surface area (Å²) in [6.07, 6.45) is 1.61. The molecule has 2 heterocycles. The highest BCUT2D eigenvalue weighted by Crippen LogP contribution is 2.29. The summed E-state index contributed by atoms with van der Waals surface area (Å²) < 4.78 is 5.17. The van der Waals surface area contributed by atoms with Crippen LogP contribution in [0.15, 0.2) is 65.7 Å². The molecule has 1 fully saturated rings. The zero-order valence-electron chi connectivity index (χ0n) is 16.9. The molecule has 7 nitrogen and oxygen atoms in total. The molecule has 4 amide bonds.